The molecule has 3 aromatic rings. The highest BCUT2D eigenvalue weighted by Crippen LogP contribution is 2.35. The van der Waals surface area contributed by atoms with Gasteiger partial charge in [-0.1, -0.05) is 0 Å². The topological polar surface area (TPSA) is 77.5 Å². The number of amides is 1. The number of nitrogens with zero attached hydrogens (tertiary/aromatic N) is 1. The Labute approximate surface area is 170 Å². The third kappa shape index (κ3) is 4.60. The minimum Gasteiger partial charge on any atom is -0.486 e. The number of aromatic nitrogens is 1. The van der Waals surface area contributed by atoms with Crippen LogP contribution in [0.2, 0.25) is 0 Å². The van der Waals surface area contributed by atoms with E-state index in [1.807, 2.05) is 23.6 Å². The van der Waals surface area contributed by atoms with E-state index in [-0.39, 0.29) is 24.5 Å². The molecular weight excluding hydrogens is 395 g/mol. The molecule has 1 amide bonds. The fourth-order valence-corrected chi connectivity index (χ4v) is 3.59. The minimum absolute atomic E-state index is 0.0230. The van der Waals surface area contributed by atoms with Crippen LogP contribution in [0.4, 0.5) is 9.52 Å². The number of rotatable bonds is 6. The molecule has 1 aromatic heterocycles. The Hall–Kier alpha value is -3.26. The Kier molecular flexibility index (Phi) is 5.53. The minimum atomic E-state index is -0.406. The fourth-order valence-electron chi connectivity index (χ4n) is 2.86. The summed E-state index contributed by atoms with van der Waals surface area (Å²) in [6.07, 6.45) is 0.0625. The summed E-state index contributed by atoms with van der Waals surface area (Å²) in [6, 6.07) is 10.9. The molecule has 0 aliphatic carbocycles. The highest BCUT2D eigenvalue weighted by molar-refractivity contribution is 7.14. The van der Waals surface area contributed by atoms with Gasteiger partial charge in [0, 0.05) is 29.3 Å². The average Bonchev–Trinajstić information content (AvgIpc) is 3.20. The summed E-state index contributed by atoms with van der Waals surface area (Å²) < 4.78 is 24.0. The average molecular weight is 412 g/mol. The highest BCUT2D eigenvalue weighted by atomic mass is 32.1. The summed E-state index contributed by atoms with van der Waals surface area (Å²) >= 11 is 1.30. The van der Waals surface area contributed by atoms with Crippen molar-refractivity contribution in [1.29, 1.82) is 0 Å². The maximum atomic E-state index is 12.9. The Balaban J connectivity index is 1.34. The first kappa shape index (κ1) is 19.1. The molecule has 4 rings (SSSR count). The van der Waals surface area contributed by atoms with Gasteiger partial charge in [-0.3, -0.25) is 9.59 Å². The lowest BCUT2D eigenvalue weighted by atomic mass is 10.1. The molecule has 0 fully saturated rings. The smallest absolute Gasteiger partial charge is 0.226 e. The number of fused-ring (bicyclic) bond motifs is 1. The second-order valence-electron chi connectivity index (χ2n) is 6.37. The number of hydrogen-bond acceptors (Lipinski definition) is 6. The van der Waals surface area contributed by atoms with Crippen molar-refractivity contribution in [3.63, 3.8) is 0 Å². The number of thiazole rings is 1. The Morgan fingerprint density at radius 2 is 1.79 bits per heavy atom. The number of ketones is 1. The van der Waals surface area contributed by atoms with Crippen molar-refractivity contribution in [2.75, 3.05) is 18.5 Å². The number of hydrogen-bond donors (Lipinski definition) is 1. The zero-order valence-corrected chi connectivity index (χ0v) is 16.1. The maximum absolute atomic E-state index is 12.9. The lowest BCUT2D eigenvalue weighted by Crippen LogP contribution is -2.15. The summed E-state index contributed by atoms with van der Waals surface area (Å²) in [7, 11) is 0. The zero-order valence-electron chi connectivity index (χ0n) is 15.3. The normalized spacial score (nSPS) is 12.4. The Morgan fingerprint density at radius 1 is 1.03 bits per heavy atom. The summed E-state index contributed by atoms with van der Waals surface area (Å²) in [4.78, 5) is 28.7. The molecule has 8 heteroatoms. The van der Waals surface area contributed by atoms with E-state index in [0.29, 0.717) is 41.1 Å². The number of Topliss-reactive ketones (excluding diaryl/α,β-unsaturated/α-hetero) is 1. The monoisotopic (exact) mass is 412 g/mol. The molecule has 1 aliphatic rings. The Morgan fingerprint density at radius 3 is 2.59 bits per heavy atom. The van der Waals surface area contributed by atoms with Gasteiger partial charge < -0.3 is 14.8 Å². The lowest BCUT2D eigenvalue weighted by molar-refractivity contribution is -0.116. The van der Waals surface area contributed by atoms with Crippen LogP contribution in [0.25, 0.3) is 11.3 Å². The molecule has 1 N–H and O–H groups in total. The van der Waals surface area contributed by atoms with Crippen LogP contribution in [0.5, 0.6) is 11.5 Å². The van der Waals surface area contributed by atoms with Crippen molar-refractivity contribution in [2.24, 2.45) is 0 Å². The zero-order chi connectivity index (χ0) is 20.2. The van der Waals surface area contributed by atoms with Crippen molar-refractivity contribution in [3.05, 3.63) is 59.2 Å². The summed E-state index contributed by atoms with van der Waals surface area (Å²) in [6.45, 7) is 1.04. The first-order valence-electron chi connectivity index (χ1n) is 9.03. The number of halogens is 1. The van der Waals surface area contributed by atoms with Gasteiger partial charge in [0.05, 0.1) is 5.69 Å². The number of benzene rings is 2. The maximum Gasteiger partial charge on any atom is 0.226 e. The molecule has 0 saturated carbocycles. The lowest BCUT2D eigenvalue weighted by Gasteiger charge is -2.18. The third-order valence-corrected chi connectivity index (χ3v) is 5.09. The second-order valence-corrected chi connectivity index (χ2v) is 7.23. The summed E-state index contributed by atoms with van der Waals surface area (Å²) in [5.74, 6) is 0.456. The quantitative estimate of drug-likeness (QED) is 0.610. The van der Waals surface area contributed by atoms with E-state index < -0.39 is 5.82 Å². The van der Waals surface area contributed by atoms with Gasteiger partial charge in [0.15, 0.2) is 22.4 Å². The molecule has 0 radical (unpaired) electrons. The molecule has 0 atom stereocenters. The van der Waals surface area contributed by atoms with Crippen molar-refractivity contribution in [3.8, 4) is 22.8 Å². The van der Waals surface area contributed by atoms with E-state index in [4.69, 9.17) is 9.47 Å². The number of carbonyl (C=O) groups excluding carboxylic acids is 2. The van der Waals surface area contributed by atoms with Crippen LogP contribution < -0.4 is 14.8 Å². The summed E-state index contributed by atoms with van der Waals surface area (Å²) in [5.41, 5.74) is 1.96. The molecule has 2 heterocycles. The van der Waals surface area contributed by atoms with E-state index in [1.165, 1.54) is 35.6 Å². The second kappa shape index (κ2) is 8.40. The fraction of sp³-hybridized carbons (Fsp3) is 0.190. The molecule has 0 saturated heterocycles. The van der Waals surface area contributed by atoms with Gasteiger partial charge in [0.1, 0.15) is 19.0 Å². The van der Waals surface area contributed by atoms with Gasteiger partial charge in [0.25, 0.3) is 0 Å². The number of carbonyl (C=O) groups is 2. The van der Waals surface area contributed by atoms with Gasteiger partial charge in [0.2, 0.25) is 5.91 Å². The van der Waals surface area contributed by atoms with Gasteiger partial charge in [-0.25, -0.2) is 9.37 Å². The predicted molar refractivity (Wildman–Crippen MR) is 107 cm³/mol. The first-order chi connectivity index (χ1) is 14.1. The number of ether oxygens (including phenoxy) is 2. The van der Waals surface area contributed by atoms with Gasteiger partial charge in [-0.15, -0.1) is 11.3 Å². The standard InChI is InChI=1S/C21H17FN2O4S/c22-15-4-1-13(2-5-15)17(25)6-8-20(26)24-21-23-16(12-29-21)14-3-7-18-19(11-14)28-10-9-27-18/h1-5,7,11-12H,6,8-10H2,(H,23,24,26). The van der Waals surface area contributed by atoms with Crippen molar-refractivity contribution in [1.82, 2.24) is 4.98 Å². The van der Waals surface area contributed by atoms with Crippen molar-refractivity contribution < 1.29 is 23.5 Å². The van der Waals surface area contributed by atoms with Crippen molar-refractivity contribution >= 4 is 28.2 Å². The summed E-state index contributed by atoms with van der Waals surface area (Å²) in [5, 5.41) is 5.00. The molecule has 0 unspecified atom stereocenters. The van der Waals surface area contributed by atoms with Gasteiger partial charge >= 0.3 is 0 Å². The molecule has 1 aliphatic heterocycles. The van der Waals surface area contributed by atoms with Crippen LogP contribution >= 0.6 is 11.3 Å². The number of anilines is 1. The van der Waals surface area contributed by atoms with Gasteiger partial charge in [-0.05, 0) is 42.5 Å². The van der Waals surface area contributed by atoms with E-state index in [2.05, 4.69) is 10.3 Å². The van der Waals surface area contributed by atoms with Crippen LogP contribution in [-0.2, 0) is 4.79 Å². The molecule has 6 nitrogen and oxygen atoms in total. The molecule has 0 spiro atoms. The van der Waals surface area contributed by atoms with Crippen LogP contribution in [0.3, 0.4) is 0 Å². The molecule has 0 bridgehead atoms. The predicted octanol–water partition coefficient (Wildman–Crippen LogP) is 4.32. The number of nitrogens with one attached hydrogen (secondary N) is 1. The largest absolute Gasteiger partial charge is 0.486 e. The van der Waals surface area contributed by atoms with Crippen molar-refractivity contribution in [2.45, 2.75) is 12.8 Å². The van der Waals surface area contributed by atoms with Crippen LogP contribution in [-0.4, -0.2) is 29.9 Å². The third-order valence-electron chi connectivity index (χ3n) is 4.33. The molecule has 148 valence electrons. The van der Waals surface area contributed by atoms with Crippen LogP contribution in [0, 0.1) is 5.82 Å². The highest BCUT2D eigenvalue weighted by Gasteiger charge is 2.15. The molecular formula is C21H17FN2O4S. The van der Waals surface area contributed by atoms with E-state index in [9.17, 15) is 14.0 Å². The van der Waals surface area contributed by atoms with E-state index >= 15 is 0 Å². The Bertz CT molecular complexity index is 1050. The first-order valence-corrected chi connectivity index (χ1v) is 9.90. The SMILES string of the molecule is O=C(CCC(=O)c1ccc(F)cc1)Nc1nc(-c2ccc3c(c2)OCCO3)cs1. The van der Waals surface area contributed by atoms with Gasteiger partial charge in [-0.2, -0.15) is 0 Å². The van der Waals surface area contributed by atoms with Crippen LogP contribution in [0.15, 0.2) is 47.8 Å². The van der Waals surface area contributed by atoms with E-state index in [0.717, 1.165) is 5.56 Å². The molecule has 29 heavy (non-hydrogen) atoms. The van der Waals surface area contributed by atoms with Crippen LogP contribution in [0.1, 0.15) is 23.2 Å². The molecule has 2 aromatic carbocycles. The van der Waals surface area contributed by atoms with E-state index in [1.54, 1.807) is 0 Å².